The van der Waals surface area contributed by atoms with Crippen molar-refractivity contribution in [1.29, 1.82) is 0 Å². The molecule has 30 heavy (non-hydrogen) atoms. The van der Waals surface area contributed by atoms with Crippen LogP contribution in [0.4, 0.5) is 26.6 Å². The summed E-state index contributed by atoms with van der Waals surface area (Å²) in [5.74, 6) is 0.968. The smallest absolute Gasteiger partial charge is 0.410 e. The van der Waals surface area contributed by atoms with E-state index in [0.29, 0.717) is 36.0 Å². The Hall–Kier alpha value is -3.43. The highest BCUT2D eigenvalue weighted by Crippen LogP contribution is 2.33. The molecule has 0 unspecified atom stereocenters. The van der Waals surface area contributed by atoms with E-state index in [0.717, 1.165) is 0 Å². The summed E-state index contributed by atoms with van der Waals surface area (Å²) in [7, 11) is 1.83. The van der Waals surface area contributed by atoms with Crippen LogP contribution >= 0.6 is 0 Å². The molecule has 10 heteroatoms. The van der Waals surface area contributed by atoms with Crippen LogP contribution in [0.5, 0.6) is 5.75 Å². The van der Waals surface area contributed by atoms with Crippen molar-refractivity contribution in [2.24, 2.45) is 0 Å². The van der Waals surface area contributed by atoms with Crippen LogP contribution in [0.2, 0.25) is 0 Å². The van der Waals surface area contributed by atoms with Crippen molar-refractivity contribution in [2.45, 2.75) is 44.8 Å². The molecule has 2 amide bonds. The van der Waals surface area contributed by atoms with Gasteiger partial charge in [-0.1, -0.05) is 0 Å². The van der Waals surface area contributed by atoms with Gasteiger partial charge >= 0.3 is 6.09 Å². The minimum atomic E-state index is -0.572. The summed E-state index contributed by atoms with van der Waals surface area (Å²) in [5, 5.41) is 8.92. The first-order valence-corrected chi connectivity index (χ1v) is 9.73. The Morgan fingerprint density at radius 3 is 2.63 bits per heavy atom. The van der Waals surface area contributed by atoms with E-state index in [1.54, 1.807) is 0 Å². The molecule has 2 aliphatic rings. The number of anilines is 3. The molecule has 3 N–H and O–H groups in total. The van der Waals surface area contributed by atoms with Gasteiger partial charge < -0.3 is 25.6 Å². The Labute approximate surface area is 173 Å². The summed E-state index contributed by atoms with van der Waals surface area (Å²) in [6.07, 6.45) is 0.819. The van der Waals surface area contributed by atoms with Gasteiger partial charge in [-0.25, -0.2) is 14.2 Å². The number of carbonyl (C=O) groups excluding carboxylic acids is 2. The van der Waals surface area contributed by atoms with Crippen LogP contribution in [0.15, 0.2) is 24.3 Å². The van der Waals surface area contributed by atoms with E-state index in [-0.39, 0.29) is 29.8 Å². The van der Waals surface area contributed by atoms with Crippen LogP contribution < -0.4 is 25.6 Å². The molecule has 1 aliphatic carbocycles. The molecule has 0 radical (unpaired) electrons. The predicted molar refractivity (Wildman–Crippen MR) is 109 cm³/mol. The highest BCUT2D eigenvalue weighted by Gasteiger charge is 2.33. The number of hydrogen-bond donors (Lipinski definition) is 3. The zero-order valence-corrected chi connectivity index (χ0v) is 16.9. The first kappa shape index (κ1) is 19.9. The molecular weight excluding hydrogens is 391 g/mol. The summed E-state index contributed by atoms with van der Waals surface area (Å²) >= 11 is 0. The van der Waals surface area contributed by atoms with E-state index < -0.39 is 11.9 Å². The zero-order chi connectivity index (χ0) is 21.4. The number of nitrogens with one attached hydrogen (secondary N) is 3. The van der Waals surface area contributed by atoms with Crippen LogP contribution in [0, 0.1) is 12.7 Å². The van der Waals surface area contributed by atoms with Crippen molar-refractivity contribution in [3.05, 3.63) is 35.8 Å². The third-order valence-corrected chi connectivity index (χ3v) is 5.43. The number of carbonyl (C=O) groups is 2. The molecule has 1 saturated carbocycles. The lowest BCUT2D eigenvalue weighted by Gasteiger charge is -2.37. The minimum absolute atomic E-state index is 0.0313. The lowest BCUT2D eigenvalue weighted by molar-refractivity contribution is -0.117. The van der Waals surface area contributed by atoms with Crippen LogP contribution in [-0.2, 0) is 4.79 Å². The van der Waals surface area contributed by atoms with E-state index in [1.165, 1.54) is 24.3 Å². The number of halogens is 1. The second kappa shape index (κ2) is 7.77. The molecule has 1 aromatic heterocycles. The largest absolute Gasteiger partial charge is 0.412 e. The molecule has 1 aromatic carbocycles. The first-order chi connectivity index (χ1) is 14.3. The molecule has 1 atom stereocenters. The Morgan fingerprint density at radius 2 is 1.93 bits per heavy atom. The fraction of sp³-hybridized carbons (Fsp3) is 0.400. The van der Waals surface area contributed by atoms with Gasteiger partial charge in [0, 0.05) is 19.1 Å². The van der Waals surface area contributed by atoms with Crippen molar-refractivity contribution in [3.8, 4) is 5.75 Å². The molecule has 1 fully saturated rings. The Kier molecular flexibility index (Phi) is 5.15. The van der Waals surface area contributed by atoms with Crippen LogP contribution in [0.1, 0.15) is 25.5 Å². The molecule has 9 nitrogen and oxygen atoms in total. The average molecular weight is 414 g/mol. The first-order valence-electron chi connectivity index (χ1n) is 9.73. The van der Waals surface area contributed by atoms with E-state index in [2.05, 4.69) is 25.9 Å². The van der Waals surface area contributed by atoms with Gasteiger partial charge in [-0.15, -0.1) is 0 Å². The van der Waals surface area contributed by atoms with Crippen molar-refractivity contribution >= 4 is 29.5 Å². The van der Waals surface area contributed by atoms with Gasteiger partial charge in [0.25, 0.3) is 0 Å². The van der Waals surface area contributed by atoms with E-state index in [1.807, 2.05) is 25.8 Å². The van der Waals surface area contributed by atoms with E-state index >= 15 is 0 Å². The summed E-state index contributed by atoms with van der Waals surface area (Å²) in [4.78, 5) is 34.8. The Bertz CT molecular complexity index is 977. The van der Waals surface area contributed by atoms with Crippen molar-refractivity contribution in [2.75, 3.05) is 22.6 Å². The maximum absolute atomic E-state index is 12.9. The molecule has 0 bridgehead atoms. The number of aryl methyl sites for hydroxylation is 1. The summed E-state index contributed by atoms with van der Waals surface area (Å²) < 4.78 is 18.0. The van der Waals surface area contributed by atoms with Gasteiger partial charge in [0.2, 0.25) is 11.9 Å². The van der Waals surface area contributed by atoms with E-state index in [9.17, 15) is 14.0 Å². The van der Waals surface area contributed by atoms with Gasteiger partial charge in [0.1, 0.15) is 23.3 Å². The van der Waals surface area contributed by atoms with Crippen LogP contribution in [0.3, 0.4) is 0 Å². The molecule has 0 saturated heterocycles. The highest BCUT2D eigenvalue weighted by molar-refractivity contribution is 6.03. The number of benzene rings is 1. The molecule has 2 heterocycles. The molecule has 0 spiro atoms. The summed E-state index contributed by atoms with van der Waals surface area (Å²) in [5.41, 5.74) is 1.31. The second-order valence-electron chi connectivity index (χ2n) is 7.60. The quantitative estimate of drug-likeness (QED) is 0.705. The van der Waals surface area contributed by atoms with Crippen molar-refractivity contribution in [1.82, 2.24) is 15.3 Å². The number of fused-ring (bicyclic) bond motifs is 1. The molecule has 2 aromatic rings. The van der Waals surface area contributed by atoms with Crippen LogP contribution in [0.25, 0.3) is 0 Å². The van der Waals surface area contributed by atoms with Crippen molar-refractivity contribution < 1.29 is 18.7 Å². The Balaban J connectivity index is 1.31. The number of aromatic nitrogens is 2. The number of likely N-dealkylation sites (N-methyl/N-ethyl adjacent to an activating group) is 1. The minimum Gasteiger partial charge on any atom is -0.410 e. The average Bonchev–Trinajstić information content (AvgIpc) is 2.67. The topological polar surface area (TPSA) is 108 Å². The Morgan fingerprint density at radius 1 is 1.23 bits per heavy atom. The second-order valence-corrected chi connectivity index (χ2v) is 7.60. The summed E-state index contributed by atoms with van der Waals surface area (Å²) in [6.45, 7) is 3.64. The van der Waals surface area contributed by atoms with Gasteiger partial charge in [0.15, 0.2) is 5.82 Å². The number of hydrogen-bond acceptors (Lipinski definition) is 7. The van der Waals surface area contributed by atoms with E-state index in [4.69, 9.17) is 4.74 Å². The monoisotopic (exact) mass is 414 g/mol. The maximum atomic E-state index is 12.9. The zero-order valence-electron chi connectivity index (χ0n) is 16.9. The van der Waals surface area contributed by atoms with Gasteiger partial charge in [-0.2, -0.15) is 4.98 Å². The number of nitrogens with zero attached hydrogens (tertiary/aromatic N) is 3. The third-order valence-electron chi connectivity index (χ3n) is 5.43. The van der Waals surface area contributed by atoms with Gasteiger partial charge in [-0.3, -0.25) is 4.79 Å². The highest BCUT2D eigenvalue weighted by atomic mass is 19.1. The van der Waals surface area contributed by atoms with Crippen LogP contribution in [-0.4, -0.2) is 47.1 Å². The lowest BCUT2D eigenvalue weighted by Crippen LogP contribution is -2.50. The molecule has 158 valence electrons. The fourth-order valence-corrected chi connectivity index (χ4v) is 3.45. The van der Waals surface area contributed by atoms with Gasteiger partial charge in [0.05, 0.1) is 5.69 Å². The fourth-order valence-electron chi connectivity index (χ4n) is 3.45. The number of rotatable bonds is 4. The maximum Gasteiger partial charge on any atom is 0.412 e. The third kappa shape index (κ3) is 3.98. The standard InChI is InChI=1S/C20H23FN6O3/c1-10-16-17(27(3)11(2)18(28)25-16)26-19(22-10)23-13-8-14(9-13)24-20(29)30-15-6-4-12(21)5-7-15/h4-7,11,13-14H,8-9H2,1-3H3,(H,24,29)(H,25,28)(H,22,23,26)/t11-,13-,14+/m0/s1. The van der Waals surface area contributed by atoms with Crippen molar-refractivity contribution in [3.63, 3.8) is 0 Å². The molecular formula is C20H23FN6O3. The number of amides is 2. The summed E-state index contributed by atoms with van der Waals surface area (Å²) in [6, 6.07) is 5.03. The SMILES string of the molecule is Cc1nc(N[C@H]2C[C@@H](NC(=O)Oc3ccc(F)cc3)C2)nc2c1NC(=O)[C@H](C)N2C. The predicted octanol–water partition coefficient (Wildman–Crippen LogP) is 2.43. The van der Waals surface area contributed by atoms with Gasteiger partial charge in [-0.05, 0) is 51.0 Å². The molecule has 4 rings (SSSR count). The number of ether oxygens (including phenoxy) is 1. The normalized spacial score (nSPS) is 22.5. The molecule has 1 aliphatic heterocycles. The lowest BCUT2D eigenvalue weighted by atomic mass is 9.87.